The van der Waals surface area contributed by atoms with Crippen LogP contribution in [-0.4, -0.2) is 37.7 Å². The van der Waals surface area contributed by atoms with Gasteiger partial charge in [0.15, 0.2) is 5.82 Å². The summed E-state index contributed by atoms with van der Waals surface area (Å²) in [7, 11) is 1.78. The zero-order valence-electron chi connectivity index (χ0n) is 13.8. The lowest BCUT2D eigenvalue weighted by molar-refractivity contribution is 0.298. The molecule has 0 aliphatic carbocycles. The van der Waals surface area contributed by atoms with E-state index in [0.29, 0.717) is 23.6 Å². The normalized spacial score (nSPS) is 18.5. The van der Waals surface area contributed by atoms with Gasteiger partial charge in [0.1, 0.15) is 5.82 Å². The van der Waals surface area contributed by atoms with Gasteiger partial charge in [-0.2, -0.15) is 4.98 Å². The van der Waals surface area contributed by atoms with Crippen LogP contribution in [0.25, 0.3) is 10.9 Å². The molecule has 7 nitrogen and oxygen atoms in total. The Morgan fingerprint density at radius 2 is 2.12 bits per heavy atom. The van der Waals surface area contributed by atoms with Gasteiger partial charge in [0, 0.05) is 13.6 Å². The summed E-state index contributed by atoms with van der Waals surface area (Å²) in [6.45, 7) is 4.23. The van der Waals surface area contributed by atoms with Gasteiger partial charge in [0.2, 0.25) is 5.89 Å². The minimum absolute atomic E-state index is 0.00104. The molecule has 1 aliphatic heterocycles. The maximum absolute atomic E-state index is 12.5. The van der Waals surface area contributed by atoms with E-state index in [2.05, 4.69) is 20.0 Å². The maximum atomic E-state index is 12.5. The lowest BCUT2D eigenvalue weighted by Gasteiger charge is -2.17. The second-order valence-electron chi connectivity index (χ2n) is 6.31. The molecule has 0 saturated carbocycles. The van der Waals surface area contributed by atoms with Crippen LogP contribution in [0, 0.1) is 6.92 Å². The number of aryl methyl sites for hydroxylation is 1. The van der Waals surface area contributed by atoms with Crippen molar-refractivity contribution in [3.05, 3.63) is 52.2 Å². The molecule has 1 atom stereocenters. The number of fused-ring (bicyclic) bond motifs is 1. The summed E-state index contributed by atoms with van der Waals surface area (Å²) in [4.78, 5) is 23.8. The zero-order chi connectivity index (χ0) is 16.7. The number of aromatic nitrogens is 4. The Kier molecular flexibility index (Phi) is 3.65. The summed E-state index contributed by atoms with van der Waals surface area (Å²) in [5.41, 5.74) is 0.748. The van der Waals surface area contributed by atoms with Gasteiger partial charge >= 0.3 is 0 Å². The third kappa shape index (κ3) is 2.60. The molecule has 7 heteroatoms. The van der Waals surface area contributed by atoms with E-state index < -0.39 is 0 Å². The average molecular weight is 325 g/mol. The summed E-state index contributed by atoms with van der Waals surface area (Å²) >= 11 is 0. The largest absolute Gasteiger partial charge is 0.339 e. The first kappa shape index (κ1) is 15.0. The van der Waals surface area contributed by atoms with Crippen LogP contribution >= 0.6 is 0 Å². The molecule has 0 radical (unpaired) electrons. The molecular formula is C17H19N5O2. The SMILES string of the molecule is Cc1noc([C@@H]2CCN(Cc3nc4ccccc4c(=O)n3C)C2)n1. The molecule has 2 aromatic heterocycles. The van der Waals surface area contributed by atoms with Gasteiger partial charge in [-0.25, -0.2) is 4.98 Å². The highest BCUT2D eigenvalue weighted by Crippen LogP contribution is 2.26. The molecule has 124 valence electrons. The Labute approximate surface area is 138 Å². The quantitative estimate of drug-likeness (QED) is 0.728. The smallest absolute Gasteiger partial charge is 0.261 e. The third-order valence-electron chi connectivity index (χ3n) is 4.61. The molecule has 1 aliphatic rings. The number of likely N-dealkylation sites (tertiary alicyclic amines) is 1. The van der Waals surface area contributed by atoms with Crippen LogP contribution in [0.4, 0.5) is 0 Å². The molecule has 1 aromatic carbocycles. The predicted molar refractivity (Wildman–Crippen MR) is 88.7 cm³/mol. The Morgan fingerprint density at radius 1 is 1.29 bits per heavy atom. The van der Waals surface area contributed by atoms with Crippen LogP contribution in [0.15, 0.2) is 33.6 Å². The van der Waals surface area contributed by atoms with Gasteiger partial charge < -0.3 is 4.52 Å². The van der Waals surface area contributed by atoms with Crippen LogP contribution in [0.5, 0.6) is 0 Å². The van der Waals surface area contributed by atoms with E-state index in [1.54, 1.807) is 11.6 Å². The first-order valence-corrected chi connectivity index (χ1v) is 8.09. The van der Waals surface area contributed by atoms with Gasteiger partial charge in [-0.3, -0.25) is 14.3 Å². The molecular weight excluding hydrogens is 306 g/mol. The lowest BCUT2D eigenvalue weighted by Crippen LogP contribution is -2.28. The molecule has 4 rings (SSSR count). The molecule has 3 aromatic rings. The van der Waals surface area contributed by atoms with Crippen molar-refractivity contribution in [2.45, 2.75) is 25.8 Å². The van der Waals surface area contributed by atoms with E-state index >= 15 is 0 Å². The molecule has 0 amide bonds. The zero-order valence-corrected chi connectivity index (χ0v) is 13.8. The maximum Gasteiger partial charge on any atom is 0.261 e. The van der Waals surface area contributed by atoms with Crippen molar-refractivity contribution in [2.75, 3.05) is 13.1 Å². The first-order chi connectivity index (χ1) is 11.6. The highest BCUT2D eigenvalue weighted by molar-refractivity contribution is 5.77. The van der Waals surface area contributed by atoms with Crippen LogP contribution in [0.1, 0.15) is 29.9 Å². The fraction of sp³-hybridized carbons (Fsp3) is 0.412. The van der Waals surface area contributed by atoms with Crippen LogP contribution in [0.2, 0.25) is 0 Å². The summed E-state index contributed by atoms with van der Waals surface area (Å²) in [6, 6.07) is 7.47. The van der Waals surface area contributed by atoms with Gasteiger partial charge in [0.25, 0.3) is 5.56 Å². The topological polar surface area (TPSA) is 77.0 Å². The fourth-order valence-electron chi connectivity index (χ4n) is 3.26. The van der Waals surface area contributed by atoms with Crippen molar-refractivity contribution in [1.29, 1.82) is 0 Å². The number of nitrogens with zero attached hydrogens (tertiary/aromatic N) is 5. The number of rotatable bonds is 3. The van der Waals surface area contributed by atoms with E-state index in [1.807, 2.05) is 31.2 Å². The number of hydrogen-bond donors (Lipinski definition) is 0. The minimum Gasteiger partial charge on any atom is -0.339 e. The highest BCUT2D eigenvalue weighted by atomic mass is 16.5. The van der Waals surface area contributed by atoms with Crippen LogP contribution in [0.3, 0.4) is 0 Å². The summed E-state index contributed by atoms with van der Waals surface area (Å²) in [5, 5.41) is 4.52. The van der Waals surface area contributed by atoms with Crippen molar-refractivity contribution >= 4 is 10.9 Å². The Hall–Kier alpha value is -2.54. The van der Waals surface area contributed by atoms with Gasteiger partial charge in [0.05, 0.1) is 23.4 Å². The molecule has 0 spiro atoms. The number of para-hydroxylation sites is 1. The monoisotopic (exact) mass is 325 g/mol. The molecule has 0 bridgehead atoms. The molecule has 1 saturated heterocycles. The minimum atomic E-state index is -0.00104. The van der Waals surface area contributed by atoms with E-state index in [1.165, 1.54) is 0 Å². The van der Waals surface area contributed by atoms with Crippen molar-refractivity contribution in [1.82, 2.24) is 24.6 Å². The van der Waals surface area contributed by atoms with Crippen molar-refractivity contribution in [3.63, 3.8) is 0 Å². The Morgan fingerprint density at radius 3 is 2.92 bits per heavy atom. The Balaban J connectivity index is 1.57. The van der Waals surface area contributed by atoms with Gasteiger partial charge in [-0.05, 0) is 32.0 Å². The van der Waals surface area contributed by atoms with Gasteiger partial charge in [-0.15, -0.1) is 0 Å². The third-order valence-corrected chi connectivity index (χ3v) is 4.61. The molecule has 24 heavy (non-hydrogen) atoms. The van der Waals surface area contributed by atoms with Crippen LogP contribution in [-0.2, 0) is 13.6 Å². The molecule has 3 heterocycles. The molecule has 0 unspecified atom stereocenters. The second-order valence-corrected chi connectivity index (χ2v) is 6.31. The number of hydrogen-bond acceptors (Lipinski definition) is 6. The van der Waals surface area contributed by atoms with Crippen molar-refractivity contribution < 1.29 is 4.52 Å². The first-order valence-electron chi connectivity index (χ1n) is 8.09. The van der Waals surface area contributed by atoms with E-state index in [-0.39, 0.29) is 11.5 Å². The summed E-state index contributed by atoms with van der Waals surface area (Å²) < 4.78 is 6.93. The standard InChI is InChI=1S/C17H19N5O2/c1-11-18-16(24-20-11)12-7-8-22(9-12)10-15-19-14-6-4-3-5-13(14)17(23)21(15)2/h3-6,12H,7-10H2,1-2H3/t12-/m1/s1. The Bertz CT molecular complexity index is 946. The van der Waals surface area contributed by atoms with Gasteiger partial charge in [-0.1, -0.05) is 17.3 Å². The molecule has 1 fully saturated rings. The van der Waals surface area contributed by atoms with Crippen molar-refractivity contribution in [2.24, 2.45) is 7.05 Å². The van der Waals surface area contributed by atoms with Crippen LogP contribution < -0.4 is 5.56 Å². The lowest BCUT2D eigenvalue weighted by atomic mass is 10.1. The van der Waals surface area contributed by atoms with Crippen molar-refractivity contribution in [3.8, 4) is 0 Å². The van der Waals surface area contributed by atoms with E-state index in [4.69, 9.17) is 4.52 Å². The summed E-state index contributed by atoms with van der Waals surface area (Å²) in [5.74, 6) is 2.40. The summed E-state index contributed by atoms with van der Waals surface area (Å²) in [6.07, 6.45) is 0.975. The fourth-order valence-corrected chi connectivity index (χ4v) is 3.26. The number of benzene rings is 1. The molecule has 0 N–H and O–H groups in total. The van der Waals surface area contributed by atoms with E-state index in [0.717, 1.165) is 30.9 Å². The van der Waals surface area contributed by atoms with E-state index in [9.17, 15) is 4.79 Å². The highest BCUT2D eigenvalue weighted by Gasteiger charge is 2.28. The predicted octanol–water partition coefficient (Wildman–Crippen LogP) is 1.61. The second kappa shape index (κ2) is 5.83. The average Bonchev–Trinajstić information content (AvgIpc) is 3.21.